The molecule has 116 valence electrons. The van der Waals surface area contributed by atoms with E-state index in [1.165, 1.54) is 12.7 Å². The molecule has 1 atom stereocenters. The number of aromatic nitrogens is 2. The average molecular weight is 300 g/mol. The summed E-state index contributed by atoms with van der Waals surface area (Å²) in [5.74, 6) is 0.824. The van der Waals surface area contributed by atoms with Crippen molar-refractivity contribution in [1.82, 2.24) is 14.9 Å². The van der Waals surface area contributed by atoms with Gasteiger partial charge in [-0.25, -0.2) is 14.8 Å². The lowest BCUT2D eigenvalue weighted by molar-refractivity contribution is 0.113. The second-order valence-electron chi connectivity index (χ2n) is 5.64. The molecule has 0 aliphatic carbocycles. The van der Waals surface area contributed by atoms with Crippen LogP contribution < -0.4 is 5.32 Å². The van der Waals surface area contributed by atoms with Gasteiger partial charge in [0.05, 0.1) is 12.6 Å². The van der Waals surface area contributed by atoms with Gasteiger partial charge in [0.2, 0.25) is 0 Å². The summed E-state index contributed by atoms with van der Waals surface area (Å²) in [5.41, 5.74) is 2.09. The van der Waals surface area contributed by atoms with Crippen molar-refractivity contribution in [2.24, 2.45) is 0 Å². The first-order valence-corrected chi connectivity index (χ1v) is 7.48. The van der Waals surface area contributed by atoms with Crippen molar-refractivity contribution in [3.8, 4) is 0 Å². The van der Waals surface area contributed by atoms with Crippen LogP contribution in [0.15, 0.2) is 24.5 Å². The molecular formula is C16H20N4O2. The van der Waals surface area contributed by atoms with Crippen molar-refractivity contribution >= 4 is 22.8 Å². The van der Waals surface area contributed by atoms with Gasteiger partial charge in [0.25, 0.3) is 0 Å². The fourth-order valence-corrected chi connectivity index (χ4v) is 2.87. The molecule has 2 heterocycles. The maximum atomic E-state index is 11.7. The first kappa shape index (κ1) is 14.6. The van der Waals surface area contributed by atoms with Gasteiger partial charge in [0.1, 0.15) is 12.1 Å². The predicted octanol–water partition coefficient (Wildman–Crippen LogP) is 2.58. The Hall–Kier alpha value is -2.37. The van der Waals surface area contributed by atoms with Crippen LogP contribution in [0.5, 0.6) is 0 Å². The molecule has 0 saturated carbocycles. The smallest absolute Gasteiger partial charge is 0.409 e. The molecule has 1 aromatic heterocycles. The van der Waals surface area contributed by atoms with E-state index in [-0.39, 0.29) is 12.1 Å². The van der Waals surface area contributed by atoms with Crippen LogP contribution >= 0.6 is 0 Å². The van der Waals surface area contributed by atoms with E-state index in [4.69, 9.17) is 4.74 Å². The highest BCUT2D eigenvalue weighted by molar-refractivity contribution is 5.89. The van der Waals surface area contributed by atoms with Crippen molar-refractivity contribution < 1.29 is 9.53 Å². The SMILES string of the molecule is COC(=O)N1CCCC(Nc2ncnc3ccc(C)cc23)C1. The molecule has 1 amide bonds. The molecule has 3 rings (SSSR count). The molecule has 1 aromatic carbocycles. The Morgan fingerprint density at radius 3 is 3.09 bits per heavy atom. The number of ether oxygens (including phenoxy) is 1. The lowest BCUT2D eigenvalue weighted by Gasteiger charge is -2.32. The summed E-state index contributed by atoms with van der Waals surface area (Å²) in [6, 6.07) is 6.29. The minimum atomic E-state index is -0.269. The Bertz CT molecular complexity index is 689. The molecule has 0 radical (unpaired) electrons. The highest BCUT2D eigenvalue weighted by Crippen LogP contribution is 2.23. The highest BCUT2D eigenvalue weighted by Gasteiger charge is 2.24. The van der Waals surface area contributed by atoms with Gasteiger partial charge < -0.3 is 15.0 Å². The number of carbonyl (C=O) groups excluding carboxylic acids is 1. The van der Waals surface area contributed by atoms with Gasteiger partial charge in [-0.05, 0) is 31.9 Å². The minimum absolute atomic E-state index is 0.173. The van der Waals surface area contributed by atoms with Crippen LogP contribution in [0, 0.1) is 6.92 Å². The van der Waals surface area contributed by atoms with Crippen LogP contribution in [-0.2, 0) is 4.74 Å². The molecule has 1 aliphatic rings. The molecule has 1 aliphatic heterocycles. The van der Waals surface area contributed by atoms with Crippen LogP contribution in [0.1, 0.15) is 18.4 Å². The zero-order valence-electron chi connectivity index (χ0n) is 12.9. The number of hydrogen-bond donors (Lipinski definition) is 1. The molecule has 6 nitrogen and oxygen atoms in total. The molecule has 0 bridgehead atoms. The number of piperidine rings is 1. The Labute approximate surface area is 129 Å². The van der Waals surface area contributed by atoms with Gasteiger partial charge in [-0.2, -0.15) is 0 Å². The summed E-state index contributed by atoms with van der Waals surface area (Å²) in [6.07, 6.45) is 3.26. The van der Waals surface area contributed by atoms with Gasteiger partial charge in [-0.15, -0.1) is 0 Å². The van der Waals surface area contributed by atoms with Crippen LogP contribution in [0.25, 0.3) is 10.9 Å². The summed E-state index contributed by atoms with van der Waals surface area (Å²) < 4.78 is 4.81. The van der Waals surface area contributed by atoms with Crippen LogP contribution in [0.2, 0.25) is 0 Å². The second kappa shape index (κ2) is 6.17. The number of benzene rings is 1. The molecular weight excluding hydrogens is 280 g/mol. The molecule has 22 heavy (non-hydrogen) atoms. The van der Waals surface area contributed by atoms with Gasteiger partial charge in [-0.1, -0.05) is 11.6 Å². The van der Waals surface area contributed by atoms with E-state index in [9.17, 15) is 4.79 Å². The second-order valence-corrected chi connectivity index (χ2v) is 5.64. The van der Waals surface area contributed by atoms with E-state index in [0.717, 1.165) is 36.1 Å². The number of methoxy groups -OCH3 is 1. The molecule has 0 spiro atoms. The monoisotopic (exact) mass is 300 g/mol. The van der Waals surface area contributed by atoms with Gasteiger partial charge in [0, 0.05) is 24.5 Å². The summed E-state index contributed by atoms with van der Waals surface area (Å²) in [7, 11) is 1.42. The molecule has 1 fully saturated rings. The van der Waals surface area contributed by atoms with Crippen LogP contribution in [0.4, 0.5) is 10.6 Å². The number of nitrogens with zero attached hydrogens (tertiary/aromatic N) is 3. The quantitative estimate of drug-likeness (QED) is 0.923. The van der Waals surface area contributed by atoms with Gasteiger partial charge in [-0.3, -0.25) is 0 Å². The van der Waals surface area contributed by atoms with Gasteiger partial charge >= 0.3 is 6.09 Å². The van der Waals surface area contributed by atoms with Crippen molar-refractivity contribution in [3.05, 3.63) is 30.1 Å². The Kier molecular flexibility index (Phi) is 4.09. The number of nitrogens with one attached hydrogen (secondary N) is 1. The zero-order chi connectivity index (χ0) is 15.5. The highest BCUT2D eigenvalue weighted by atomic mass is 16.5. The van der Waals surface area contributed by atoms with Crippen molar-refractivity contribution in [2.75, 3.05) is 25.5 Å². The third-order valence-electron chi connectivity index (χ3n) is 3.99. The van der Waals surface area contributed by atoms with Crippen LogP contribution in [0.3, 0.4) is 0 Å². The number of fused-ring (bicyclic) bond motifs is 1. The van der Waals surface area contributed by atoms with E-state index in [1.54, 1.807) is 11.2 Å². The first-order valence-electron chi connectivity index (χ1n) is 7.48. The Morgan fingerprint density at radius 2 is 2.27 bits per heavy atom. The summed E-state index contributed by atoms with van der Waals surface area (Å²) in [4.78, 5) is 22.1. The average Bonchev–Trinajstić information content (AvgIpc) is 2.55. The third-order valence-corrected chi connectivity index (χ3v) is 3.99. The number of aryl methyl sites for hydroxylation is 1. The first-order chi connectivity index (χ1) is 10.7. The normalized spacial score (nSPS) is 18.3. The molecule has 2 aromatic rings. The van der Waals surface area contributed by atoms with E-state index < -0.39 is 0 Å². The number of amides is 1. The van der Waals surface area contributed by atoms with Gasteiger partial charge in [0.15, 0.2) is 0 Å². The Morgan fingerprint density at radius 1 is 1.41 bits per heavy atom. The summed E-state index contributed by atoms with van der Waals surface area (Å²) in [6.45, 7) is 3.42. The number of likely N-dealkylation sites (tertiary alicyclic amines) is 1. The molecule has 1 unspecified atom stereocenters. The number of rotatable bonds is 2. The predicted molar refractivity (Wildman–Crippen MR) is 84.9 cm³/mol. The zero-order valence-corrected chi connectivity index (χ0v) is 12.9. The van der Waals surface area contributed by atoms with E-state index in [0.29, 0.717) is 6.54 Å². The minimum Gasteiger partial charge on any atom is -0.453 e. The Balaban J connectivity index is 1.81. The standard InChI is InChI=1S/C16H20N4O2/c1-11-5-6-14-13(8-11)15(18-10-17-14)19-12-4-3-7-20(9-12)16(21)22-2/h5-6,8,10,12H,3-4,7,9H2,1-2H3,(H,17,18,19). The fourth-order valence-electron chi connectivity index (χ4n) is 2.87. The summed E-state index contributed by atoms with van der Waals surface area (Å²) >= 11 is 0. The maximum absolute atomic E-state index is 11.7. The molecule has 6 heteroatoms. The number of hydrogen-bond acceptors (Lipinski definition) is 5. The largest absolute Gasteiger partial charge is 0.453 e. The molecule has 1 saturated heterocycles. The summed E-state index contributed by atoms with van der Waals surface area (Å²) in [5, 5.41) is 4.47. The number of carbonyl (C=O) groups is 1. The lowest BCUT2D eigenvalue weighted by atomic mass is 10.1. The topological polar surface area (TPSA) is 67.3 Å². The third kappa shape index (κ3) is 2.95. The molecule has 1 N–H and O–H groups in total. The number of anilines is 1. The fraction of sp³-hybridized carbons (Fsp3) is 0.438. The van der Waals surface area contributed by atoms with E-state index >= 15 is 0 Å². The lowest BCUT2D eigenvalue weighted by Crippen LogP contribution is -2.45. The van der Waals surface area contributed by atoms with E-state index in [1.807, 2.05) is 12.1 Å². The van der Waals surface area contributed by atoms with Crippen molar-refractivity contribution in [1.29, 1.82) is 0 Å². The van der Waals surface area contributed by atoms with Crippen LogP contribution in [-0.4, -0.2) is 47.2 Å². The van der Waals surface area contributed by atoms with Crippen molar-refractivity contribution in [2.45, 2.75) is 25.8 Å². The van der Waals surface area contributed by atoms with E-state index in [2.05, 4.69) is 28.3 Å². The maximum Gasteiger partial charge on any atom is 0.409 e. The van der Waals surface area contributed by atoms with Crippen molar-refractivity contribution in [3.63, 3.8) is 0 Å².